The molecule has 0 aliphatic rings. The summed E-state index contributed by atoms with van der Waals surface area (Å²) in [7, 11) is 0. The van der Waals surface area contributed by atoms with Gasteiger partial charge in [0.1, 0.15) is 11.9 Å². The van der Waals surface area contributed by atoms with E-state index in [1.165, 1.54) is 0 Å². The van der Waals surface area contributed by atoms with Crippen molar-refractivity contribution in [2.24, 2.45) is 10.7 Å². The molecular weight excluding hydrogens is 258 g/mol. The fraction of sp³-hybridized carbons (Fsp3) is 0.700. The molecule has 0 heterocycles. The molecule has 0 amide bonds. The summed E-state index contributed by atoms with van der Waals surface area (Å²) >= 11 is 0.957. The van der Waals surface area contributed by atoms with Crippen LogP contribution in [0.5, 0.6) is 0 Å². The SMILES string of the molecule is CSC(=O)ONC(C)=NCCCCC(N)C(=O)O. The Kier molecular flexibility index (Phi) is 9.03. The summed E-state index contributed by atoms with van der Waals surface area (Å²) in [6.45, 7) is 2.21. The average molecular weight is 277 g/mol. The molecule has 7 nitrogen and oxygen atoms in total. The van der Waals surface area contributed by atoms with Crippen molar-refractivity contribution in [3.05, 3.63) is 0 Å². The number of carboxylic acid groups (broad SMARTS) is 1. The molecule has 1 atom stereocenters. The Morgan fingerprint density at radius 3 is 2.72 bits per heavy atom. The van der Waals surface area contributed by atoms with E-state index in [1.54, 1.807) is 13.2 Å². The maximum absolute atomic E-state index is 10.8. The van der Waals surface area contributed by atoms with Crippen LogP contribution >= 0.6 is 11.8 Å². The molecule has 104 valence electrons. The van der Waals surface area contributed by atoms with Gasteiger partial charge in [0.05, 0.1) is 0 Å². The first kappa shape index (κ1) is 16.7. The summed E-state index contributed by atoms with van der Waals surface area (Å²) in [6.07, 6.45) is 3.46. The van der Waals surface area contributed by atoms with E-state index >= 15 is 0 Å². The van der Waals surface area contributed by atoms with Crippen LogP contribution in [0.25, 0.3) is 0 Å². The molecule has 1 unspecified atom stereocenters. The molecule has 0 aromatic heterocycles. The van der Waals surface area contributed by atoms with Crippen molar-refractivity contribution in [2.45, 2.75) is 32.2 Å². The minimum Gasteiger partial charge on any atom is -0.480 e. The zero-order valence-electron chi connectivity index (χ0n) is 10.5. The van der Waals surface area contributed by atoms with Crippen LogP contribution in [0.3, 0.4) is 0 Å². The van der Waals surface area contributed by atoms with Crippen LogP contribution in [0.2, 0.25) is 0 Å². The zero-order chi connectivity index (χ0) is 14.0. The number of hydrogen-bond donors (Lipinski definition) is 3. The second-order valence-corrected chi connectivity index (χ2v) is 4.31. The Hall–Kier alpha value is -1.28. The summed E-state index contributed by atoms with van der Waals surface area (Å²) in [6, 6.07) is -0.810. The van der Waals surface area contributed by atoms with Gasteiger partial charge in [-0.3, -0.25) is 9.79 Å². The van der Waals surface area contributed by atoms with Crippen molar-refractivity contribution < 1.29 is 19.5 Å². The van der Waals surface area contributed by atoms with Gasteiger partial charge in [-0.15, -0.1) is 0 Å². The highest BCUT2D eigenvalue weighted by Crippen LogP contribution is 2.00. The van der Waals surface area contributed by atoms with Crippen LogP contribution in [-0.2, 0) is 9.63 Å². The minimum atomic E-state index is -0.986. The second-order valence-electron chi connectivity index (χ2n) is 3.57. The van der Waals surface area contributed by atoms with Gasteiger partial charge >= 0.3 is 11.3 Å². The standard InChI is InChI=1S/C10H19N3O4S/c1-7(13-17-10(16)18-2)12-6-4-3-5-8(11)9(14)15/h8H,3-6,11H2,1-2H3,(H,12,13)(H,14,15). The Morgan fingerprint density at radius 1 is 1.50 bits per heavy atom. The number of thioether (sulfide) groups is 1. The summed E-state index contributed by atoms with van der Waals surface area (Å²) in [4.78, 5) is 29.9. The molecule has 0 aromatic carbocycles. The fourth-order valence-electron chi connectivity index (χ4n) is 1.04. The predicted octanol–water partition coefficient (Wildman–Crippen LogP) is 0.991. The lowest BCUT2D eigenvalue weighted by Crippen LogP contribution is -2.29. The van der Waals surface area contributed by atoms with E-state index in [2.05, 4.69) is 15.3 Å². The van der Waals surface area contributed by atoms with E-state index in [1.807, 2.05) is 0 Å². The summed E-state index contributed by atoms with van der Waals surface area (Å²) < 4.78 is 0. The molecule has 0 fully saturated rings. The van der Waals surface area contributed by atoms with Gasteiger partial charge in [0.25, 0.3) is 0 Å². The van der Waals surface area contributed by atoms with E-state index in [4.69, 9.17) is 10.8 Å². The van der Waals surface area contributed by atoms with E-state index in [9.17, 15) is 9.59 Å². The lowest BCUT2D eigenvalue weighted by molar-refractivity contribution is -0.138. The summed E-state index contributed by atoms with van der Waals surface area (Å²) in [5.41, 5.74) is 7.76. The largest absolute Gasteiger partial charge is 0.480 e. The smallest absolute Gasteiger partial charge is 0.391 e. The molecule has 18 heavy (non-hydrogen) atoms. The number of aliphatic imine (C=N–C) groups is 1. The minimum absolute atomic E-state index is 0.429. The lowest BCUT2D eigenvalue weighted by atomic mass is 10.1. The van der Waals surface area contributed by atoms with Crippen LogP contribution in [0, 0.1) is 0 Å². The molecule has 0 bridgehead atoms. The number of aliphatic carboxylic acids is 1. The number of hydroxylamine groups is 1. The number of rotatable bonds is 6. The Morgan fingerprint density at radius 2 is 2.17 bits per heavy atom. The van der Waals surface area contributed by atoms with Crippen molar-refractivity contribution in [2.75, 3.05) is 12.8 Å². The third-order valence-electron chi connectivity index (χ3n) is 2.04. The van der Waals surface area contributed by atoms with Crippen LogP contribution in [0.4, 0.5) is 4.79 Å². The van der Waals surface area contributed by atoms with Crippen molar-refractivity contribution in [3.63, 3.8) is 0 Å². The van der Waals surface area contributed by atoms with Gasteiger partial charge in [0.15, 0.2) is 0 Å². The normalized spacial score (nSPS) is 12.9. The number of carbonyl (C=O) groups excluding carboxylic acids is 1. The molecule has 8 heteroatoms. The van der Waals surface area contributed by atoms with Gasteiger partial charge in [-0.2, -0.15) is 0 Å². The predicted molar refractivity (Wildman–Crippen MR) is 70.6 cm³/mol. The average Bonchev–Trinajstić information content (AvgIpc) is 2.34. The highest BCUT2D eigenvalue weighted by molar-refractivity contribution is 8.12. The first-order valence-corrected chi connectivity index (χ1v) is 6.70. The van der Waals surface area contributed by atoms with Gasteiger partial charge in [-0.25, -0.2) is 10.3 Å². The van der Waals surface area contributed by atoms with E-state index in [-0.39, 0.29) is 0 Å². The van der Waals surface area contributed by atoms with Crippen LogP contribution in [0.1, 0.15) is 26.2 Å². The third-order valence-corrected chi connectivity index (χ3v) is 2.45. The number of unbranched alkanes of at least 4 members (excludes halogenated alkanes) is 1. The van der Waals surface area contributed by atoms with Gasteiger partial charge < -0.3 is 15.7 Å². The molecule has 0 saturated heterocycles. The van der Waals surface area contributed by atoms with Gasteiger partial charge in [0.2, 0.25) is 0 Å². The second kappa shape index (κ2) is 9.72. The number of nitrogens with two attached hydrogens (primary N) is 1. The molecule has 0 aliphatic carbocycles. The van der Waals surface area contributed by atoms with Gasteiger partial charge in [0, 0.05) is 6.54 Å². The number of amidine groups is 1. The van der Waals surface area contributed by atoms with Crippen molar-refractivity contribution >= 4 is 28.9 Å². The first-order valence-electron chi connectivity index (χ1n) is 5.47. The Bertz CT molecular complexity index is 309. The molecular formula is C10H19N3O4S. The molecule has 0 saturated carbocycles. The topological polar surface area (TPSA) is 114 Å². The van der Waals surface area contributed by atoms with Gasteiger partial charge in [-0.1, -0.05) is 0 Å². The van der Waals surface area contributed by atoms with Crippen molar-refractivity contribution in [1.29, 1.82) is 0 Å². The molecule has 0 aliphatic heterocycles. The van der Waals surface area contributed by atoms with Crippen LogP contribution in [0.15, 0.2) is 4.99 Å². The Labute approximate surface area is 110 Å². The number of carbonyl (C=O) groups is 2. The molecule has 4 N–H and O–H groups in total. The third kappa shape index (κ3) is 8.82. The number of carboxylic acids is 1. The van der Waals surface area contributed by atoms with E-state index < -0.39 is 17.3 Å². The maximum Gasteiger partial charge on any atom is 0.391 e. The first-order chi connectivity index (χ1) is 8.47. The van der Waals surface area contributed by atoms with Crippen molar-refractivity contribution in [3.8, 4) is 0 Å². The quantitative estimate of drug-likeness (QED) is 0.287. The number of hydrogen-bond acceptors (Lipinski definition) is 6. The van der Waals surface area contributed by atoms with E-state index in [0.717, 1.165) is 18.2 Å². The van der Waals surface area contributed by atoms with Crippen molar-refractivity contribution in [1.82, 2.24) is 5.48 Å². The number of nitrogens with one attached hydrogen (secondary N) is 1. The maximum atomic E-state index is 10.8. The summed E-state index contributed by atoms with van der Waals surface area (Å²) in [5.74, 6) is -0.486. The fourth-order valence-corrected chi connectivity index (χ4v) is 1.16. The Balaban J connectivity index is 3.62. The number of nitrogens with zero attached hydrogens (tertiary/aromatic N) is 1. The highest BCUT2D eigenvalue weighted by Gasteiger charge is 2.09. The highest BCUT2D eigenvalue weighted by atomic mass is 32.2. The molecule has 0 spiro atoms. The molecule has 0 aromatic rings. The summed E-state index contributed by atoms with van der Waals surface area (Å²) in [5, 5.41) is 8.13. The molecule has 0 radical (unpaired) electrons. The lowest BCUT2D eigenvalue weighted by Gasteiger charge is -2.06. The van der Waals surface area contributed by atoms with Gasteiger partial charge in [-0.05, 0) is 44.2 Å². The molecule has 0 rings (SSSR count). The van der Waals surface area contributed by atoms with E-state index in [0.29, 0.717) is 25.2 Å². The zero-order valence-corrected chi connectivity index (χ0v) is 11.3. The monoisotopic (exact) mass is 277 g/mol. The van der Waals surface area contributed by atoms with Crippen LogP contribution in [-0.4, -0.2) is 41.1 Å². The van der Waals surface area contributed by atoms with Crippen LogP contribution < -0.4 is 11.2 Å².